The molecule has 1 atom stereocenters. The molecule has 1 aliphatic rings. The number of carbonyl (C=O) groups is 1. The summed E-state index contributed by atoms with van der Waals surface area (Å²) in [5, 5.41) is 3.08. The maximum atomic E-state index is 11.6. The lowest BCUT2D eigenvalue weighted by molar-refractivity contribution is 0.0904. The van der Waals surface area contributed by atoms with E-state index in [1.54, 1.807) is 24.3 Å². The fourth-order valence-electron chi connectivity index (χ4n) is 1.36. The standard InChI is InChI=1S/C10H12N2O/c11-8-3-1-7(2-4-8)10(13)9-5-6-12-9/h1-4,9,12H,5-6,11H2. The van der Waals surface area contributed by atoms with Gasteiger partial charge in [0.1, 0.15) is 0 Å². The van der Waals surface area contributed by atoms with E-state index in [1.165, 1.54) is 0 Å². The molecule has 1 unspecified atom stereocenters. The van der Waals surface area contributed by atoms with Gasteiger partial charge in [0, 0.05) is 11.3 Å². The molecule has 68 valence electrons. The van der Waals surface area contributed by atoms with Crippen LogP contribution in [0.4, 0.5) is 5.69 Å². The number of carbonyl (C=O) groups excluding carboxylic acids is 1. The predicted octanol–water partition coefficient (Wildman–Crippen LogP) is 0.813. The molecule has 13 heavy (non-hydrogen) atoms. The molecule has 1 heterocycles. The molecule has 0 amide bonds. The molecule has 0 radical (unpaired) electrons. The smallest absolute Gasteiger partial charge is 0.179 e. The number of hydrogen-bond acceptors (Lipinski definition) is 3. The van der Waals surface area contributed by atoms with Crippen LogP contribution in [0.25, 0.3) is 0 Å². The molecule has 0 bridgehead atoms. The van der Waals surface area contributed by atoms with Gasteiger partial charge in [-0.25, -0.2) is 0 Å². The second kappa shape index (κ2) is 3.18. The Bertz CT molecular complexity index is 314. The van der Waals surface area contributed by atoms with Crippen LogP contribution in [0, 0.1) is 0 Å². The van der Waals surface area contributed by atoms with Crippen LogP contribution in [-0.2, 0) is 0 Å². The molecule has 2 rings (SSSR count). The molecule has 1 aromatic rings. The molecule has 0 aromatic heterocycles. The molecular weight excluding hydrogens is 164 g/mol. The number of benzene rings is 1. The van der Waals surface area contributed by atoms with Crippen molar-refractivity contribution in [3.05, 3.63) is 29.8 Å². The van der Waals surface area contributed by atoms with Gasteiger partial charge >= 0.3 is 0 Å². The predicted molar refractivity (Wildman–Crippen MR) is 51.6 cm³/mol. The van der Waals surface area contributed by atoms with Crippen molar-refractivity contribution in [2.24, 2.45) is 0 Å². The van der Waals surface area contributed by atoms with E-state index in [1.807, 2.05) is 0 Å². The summed E-state index contributed by atoms with van der Waals surface area (Å²) in [5.41, 5.74) is 6.96. The Morgan fingerprint density at radius 2 is 2.00 bits per heavy atom. The van der Waals surface area contributed by atoms with Crippen molar-refractivity contribution in [3.63, 3.8) is 0 Å². The first-order chi connectivity index (χ1) is 6.27. The molecule has 0 spiro atoms. The van der Waals surface area contributed by atoms with Crippen LogP contribution in [0.5, 0.6) is 0 Å². The summed E-state index contributed by atoms with van der Waals surface area (Å²) in [6, 6.07) is 7.09. The van der Waals surface area contributed by atoms with Crippen LogP contribution in [0.3, 0.4) is 0 Å². The Labute approximate surface area is 76.9 Å². The van der Waals surface area contributed by atoms with E-state index < -0.39 is 0 Å². The van der Waals surface area contributed by atoms with Crippen molar-refractivity contribution < 1.29 is 4.79 Å². The largest absolute Gasteiger partial charge is 0.399 e. The number of nitrogens with one attached hydrogen (secondary N) is 1. The van der Waals surface area contributed by atoms with Crippen LogP contribution in [-0.4, -0.2) is 18.4 Å². The van der Waals surface area contributed by atoms with Crippen LogP contribution in [0.15, 0.2) is 24.3 Å². The van der Waals surface area contributed by atoms with E-state index in [0.717, 1.165) is 18.5 Å². The molecule has 1 aliphatic heterocycles. The summed E-state index contributed by atoms with van der Waals surface area (Å²) < 4.78 is 0. The highest BCUT2D eigenvalue weighted by molar-refractivity contribution is 6.00. The Balaban J connectivity index is 2.15. The van der Waals surface area contributed by atoms with Gasteiger partial charge < -0.3 is 11.1 Å². The number of rotatable bonds is 2. The lowest BCUT2D eigenvalue weighted by atomic mass is 9.97. The third kappa shape index (κ3) is 1.55. The summed E-state index contributed by atoms with van der Waals surface area (Å²) in [4.78, 5) is 11.6. The zero-order valence-electron chi connectivity index (χ0n) is 7.29. The number of nitrogens with two attached hydrogens (primary N) is 1. The summed E-state index contributed by atoms with van der Waals surface area (Å²) in [7, 11) is 0. The average molecular weight is 176 g/mol. The molecular formula is C10H12N2O. The van der Waals surface area contributed by atoms with Gasteiger partial charge in [0.15, 0.2) is 5.78 Å². The molecule has 1 aromatic carbocycles. The highest BCUT2D eigenvalue weighted by atomic mass is 16.1. The van der Waals surface area contributed by atoms with Crippen LogP contribution < -0.4 is 11.1 Å². The minimum Gasteiger partial charge on any atom is -0.399 e. The van der Waals surface area contributed by atoms with Gasteiger partial charge in [-0.2, -0.15) is 0 Å². The molecule has 3 heteroatoms. The van der Waals surface area contributed by atoms with E-state index in [4.69, 9.17) is 5.73 Å². The third-order valence-electron chi connectivity index (χ3n) is 2.34. The number of nitrogen functional groups attached to an aromatic ring is 1. The maximum Gasteiger partial charge on any atom is 0.179 e. The minimum atomic E-state index is 0.0311. The van der Waals surface area contributed by atoms with E-state index >= 15 is 0 Å². The number of anilines is 1. The summed E-state index contributed by atoms with van der Waals surface area (Å²) in [6.45, 7) is 0.950. The van der Waals surface area contributed by atoms with Crippen LogP contribution >= 0.6 is 0 Å². The Morgan fingerprint density at radius 3 is 2.46 bits per heavy atom. The zero-order chi connectivity index (χ0) is 9.26. The van der Waals surface area contributed by atoms with Gasteiger partial charge in [-0.3, -0.25) is 4.79 Å². The van der Waals surface area contributed by atoms with Crippen molar-refractivity contribution in [3.8, 4) is 0 Å². The highest BCUT2D eigenvalue weighted by Gasteiger charge is 2.24. The second-order valence-corrected chi connectivity index (χ2v) is 3.28. The van der Waals surface area contributed by atoms with Gasteiger partial charge in [0.2, 0.25) is 0 Å². The van der Waals surface area contributed by atoms with E-state index in [0.29, 0.717) is 5.69 Å². The van der Waals surface area contributed by atoms with Crippen molar-refractivity contribution in [2.45, 2.75) is 12.5 Å². The van der Waals surface area contributed by atoms with Crippen molar-refractivity contribution in [1.29, 1.82) is 0 Å². The number of Topliss-reactive ketones (excluding diaryl/α,β-unsaturated/α-hetero) is 1. The summed E-state index contributed by atoms with van der Waals surface area (Å²) in [5.74, 6) is 0.172. The van der Waals surface area contributed by atoms with E-state index in [-0.39, 0.29) is 11.8 Å². The summed E-state index contributed by atoms with van der Waals surface area (Å²) in [6.07, 6.45) is 0.948. The normalized spacial score (nSPS) is 20.8. The van der Waals surface area contributed by atoms with Gasteiger partial charge in [0.05, 0.1) is 6.04 Å². The zero-order valence-corrected chi connectivity index (χ0v) is 7.29. The molecule has 3 N–H and O–H groups in total. The monoisotopic (exact) mass is 176 g/mol. The van der Waals surface area contributed by atoms with E-state index in [2.05, 4.69) is 5.32 Å². The Morgan fingerprint density at radius 1 is 1.38 bits per heavy atom. The lowest BCUT2D eigenvalue weighted by Gasteiger charge is -2.26. The van der Waals surface area contributed by atoms with Crippen molar-refractivity contribution in [1.82, 2.24) is 5.32 Å². The van der Waals surface area contributed by atoms with E-state index in [9.17, 15) is 4.79 Å². The van der Waals surface area contributed by atoms with Crippen LogP contribution in [0.1, 0.15) is 16.8 Å². The van der Waals surface area contributed by atoms with Crippen LogP contribution in [0.2, 0.25) is 0 Å². The SMILES string of the molecule is Nc1ccc(C(=O)C2CCN2)cc1. The molecule has 3 nitrogen and oxygen atoms in total. The Kier molecular flexibility index (Phi) is 2.02. The average Bonchev–Trinajstić information content (AvgIpc) is 2.02. The van der Waals surface area contributed by atoms with Gasteiger partial charge in [-0.05, 0) is 37.2 Å². The molecule has 0 aliphatic carbocycles. The minimum absolute atomic E-state index is 0.0311. The fraction of sp³-hybridized carbons (Fsp3) is 0.300. The molecule has 1 fully saturated rings. The first-order valence-electron chi connectivity index (χ1n) is 4.40. The van der Waals surface area contributed by atoms with Gasteiger partial charge in [-0.15, -0.1) is 0 Å². The summed E-state index contributed by atoms with van der Waals surface area (Å²) >= 11 is 0. The number of ketones is 1. The molecule has 0 saturated carbocycles. The molecule has 1 saturated heterocycles. The Hall–Kier alpha value is -1.35. The van der Waals surface area contributed by atoms with Crippen molar-refractivity contribution in [2.75, 3.05) is 12.3 Å². The lowest BCUT2D eigenvalue weighted by Crippen LogP contribution is -2.48. The first kappa shape index (κ1) is 8.26. The van der Waals surface area contributed by atoms with Gasteiger partial charge in [-0.1, -0.05) is 0 Å². The first-order valence-corrected chi connectivity index (χ1v) is 4.40. The topological polar surface area (TPSA) is 55.1 Å². The fourth-order valence-corrected chi connectivity index (χ4v) is 1.36. The second-order valence-electron chi connectivity index (χ2n) is 3.28. The van der Waals surface area contributed by atoms with Gasteiger partial charge in [0.25, 0.3) is 0 Å². The van der Waals surface area contributed by atoms with Crippen molar-refractivity contribution >= 4 is 11.5 Å². The maximum absolute atomic E-state index is 11.6. The third-order valence-corrected chi connectivity index (χ3v) is 2.34. The number of hydrogen-bond donors (Lipinski definition) is 2. The highest BCUT2D eigenvalue weighted by Crippen LogP contribution is 2.12. The quantitative estimate of drug-likeness (QED) is 0.518.